The number of carbonyl (C=O) groups is 1. The van der Waals surface area contributed by atoms with E-state index in [1.54, 1.807) is 12.1 Å². The number of halogens is 2. The van der Waals surface area contributed by atoms with Gasteiger partial charge in [-0.15, -0.1) is 0 Å². The molecule has 88 valence electrons. The van der Waals surface area contributed by atoms with Gasteiger partial charge in [0.2, 0.25) is 0 Å². The van der Waals surface area contributed by atoms with Crippen molar-refractivity contribution >= 4 is 28.4 Å². The van der Waals surface area contributed by atoms with Crippen LogP contribution in [-0.2, 0) is 0 Å². The molecular formula is C12H10ClFN2O. The van der Waals surface area contributed by atoms with Gasteiger partial charge in [0.15, 0.2) is 5.82 Å². The third-order valence-corrected chi connectivity index (χ3v) is 3.14. The first-order valence-corrected chi connectivity index (χ1v) is 5.80. The Labute approximate surface area is 102 Å². The SMILES string of the molecule is O=C(NC1CC1)c1cc2ccc(Cl)c(F)c2[nH]1. The zero-order valence-electron chi connectivity index (χ0n) is 8.89. The molecule has 17 heavy (non-hydrogen) atoms. The Morgan fingerprint density at radius 2 is 2.24 bits per heavy atom. The summed E-state index contributed by atoms with van der Waals surface area (Å²) in [5, 5.41) is 3.54. The first kappa shape index (κ1) is 10.6. The largest absolute Gasteiger partial charge is 0.348 e. The summed E-state index contributed by atoms with van der Waals surface area (Å²) < 4.78 is 13.7. The summed E-state index contributed by atoms with van der Waals surface area (Å²) >= 11 is 5.68. The van der Waals surface area contributed by atoms with Crippen molar-refractivity contribution in [3.63, 3.8) is 0 Å². The van der Waals surface area contributed by atoms with Gasteiger partial charge in [-0.05, 0) is 25.0 Å². The predicted octanol–water partition coefficient (Wildman–Crippen LogP) is 2.85. The van der Waals surface area contributed by atoms with E-state index in [-0.39, 0.29) is 22.5 Å². The number of hydrogen-bond donors (Lipinski definition) is 2. The summed E-state index contributed by atoms with van der Waals surface area (Å²) in [5.74, 6) is -0.714. The van der Waals surface area contributed by atoms with Crippen molar-refractivity contribution < 1.29 is 9.18 Å². The first-order chi connectivity index (χ1) is 8.15. The minimum absolute atomic E-state index is 0.0495. The lowest BCUT2D eigenvalue weighted by molar-refractivity contribution is 0.0947. The molecule has 0 saturated heterocycles. The second-order valence-corrected chi connectivity index (χ2v) is 4.66. The molecule has 0 atom stereocenters. The molecule has 1 amide bonds. The number of amides is 1. The lowest BCUT2D eigenvalue weighted by Gasteiger charge is -1.99. The molecule has 1 aromatic heterocycles. The van der Waals surface area contributed by atoms with Crippen LogP contribution in [0.15, 0.2) is 18.2 Å². The summed E-state index contributed by atoms with van der Waals surface area (Å²) in [4.78, 5) is 14.5. The van der Waals surface area contributed by atoms with Gasteiger partial charge < -0.3 is 10.3 Å². The van der Waals surface area contributed by atoms with E-state index in [1.165, 1.54) is 6.07 Å². The highest BCUT2D eigenvalue weighted by molar-refractivity contribution is 6.31. The Morgan fingerprint density at radius 1 is 1.47 bits per heavy atom. The number of nitrogens with one attached hydrogen (secondary N) is 2. The number of aromatic nitrogens is 1. The van der Waals surface area contributed by atoms with Crippen LogP contribution < -0.4 is 5.32 Å². The number of fused-ring (bicyclic) bond motifs is 1. The van der Waals surface area contributed by atoms with Crippen LogP contribution >= 0.6 is 11.6 Å². The molecule has 1 saturated carbocycles. The molecule has 1 aromatic carbocycles. The van der Waals surface area contributed by atoms with Gasteiger partial charge in [-0.2, -0.15) is 0 Å². The van der Waals surface area contributed by atoms with Gasteiger partial charge in [-0.3, -0.25) is 4.79 Å². The fourth-order valence-electron chi connectivity index (χ4n) is 1.75. The van der Waals surface area contributed by atoms with Crippen LogP contribution in [0.25, 0.3) is 10.9 Å². The molecule has 1 aliphatic carbocycles. The van der Waals surface area contributed by atoms with Crippen molar-refractivity contribution in [1.82, 2.24) is 10.3 Å². The molecule has 5 heteroatoms. The molecule has 1 heterocycles. The molecule has 1 aliphatic rings. The lowest BCUT2D eigenvalue weighted by Crippen LogP contribution is -2.25. The van der Waals surface area contributed by atoms with E-state index in [9.17, 15) is 9.18 Å². The molecule has 0 spiro atoms. The van der Waals surface area contributed by atoms with Crippen LogP contribution in [0.5, 0.6) is 0 Å². The van der Waals surface area contributed by atoms with E-state index < -0.39 is 5.82 Å². The topological polar surface area (TPSA) is 44.9 Å². The molecule has 0 radical (unpaired) electrons. The van der Waals surface area contributed by atoms with Crippen molar-refractivity contribution in [3.05, 3.63) is 34.7 Å². The fourth-order valence-corrected chi connectivity index (χ4v) is 1.91. The van der Waals surface area contributed by atoms with E-state index >= 15 is 0 Å². The predicted molar refractivity (Wildman–Crippen MR) is 63.8 cm³/mol. The van der Waals surface area contributed by atoms with E-state index in [4.69, 9.17) is 11.6 Å². The Hall–Kier alpha value is -1.55. The molecule has 0 bridgehead atoms. The molecule has 3 rings (SSSR count). The molecular weight excluding hydrogens is 243 g/mol. The third-order valence-electron chi connectivity index (χ3n) is 2.84. The number of rotatable bonds is 2. The van der Waals surface area contributed by atoms with Crippen molar-refractivity contribution in [1.29, 1.82) is 0 Å². The summed E-state index contributed by atoms with van der Waals surface area (Å²) in [6, 6.07) is 5.08. The Balaban J connectivity index is 2.00. The molecule has 1 fully saturated rings. The summed E-state index contributed by atoms with van der Waals surface area (Å²) in [5.41, 5.74) is 0.645. The third kappa shape index (κ3) is 1.89. The summed E-state index contributed by atoms with van der Waals surface area (Å²) in [6.45, 7) is 0. The molecule has 2 aromatic rings. The molecule has 3 nitrogen and oxygen atoms in total. The summed E-state index contributed by atoms with van der Waals surface area (Å²) in [7, 11) is 0. The Kier molecular flexibility index (Phi) is 2.33. The number of benzene rings is 1. The van der Waals surface area contributed by atoms with Gasteiger partial charge in [0.25, 0.3) is 5.91 Å². The van der Waals surface area contributed by atoms with Crippen molar-refractivity contribution in [3.8, 4) is 0 Å². The van der Waals surface area contributed by atoms with E-state index in [2.05, 4.69) is 10.3 Å². The van der Waals surface area contributed by atoms with Crippen LogP contribution in [0.2, 0.25) is 5.02 Å². The van der Waals surface area contributed by atoms with Crippen LogP contribution in [0.4, 0.5) is 4.39 Å². The number of hydrogen-bond acceptors (Lipinski definition) is 1. The van der Waals surface area contributed by atoms with Crippen LogP contribution in [0.1, 0.15) is 23.3 Å². The van der Waals surface area contributed by atoms with Gasteiger partial charge in [-0.25, -0.2) is 4.39 Å². The standard InChI is InChI=1S/C12H10ClFN2O/c13-8-4-1-6-5-9(16-11(6)10(8)14)12(17)15-7-2-3-7/h1,4-5,7,16H,2-3H2,(H,15,17). The molecule has 0 unspecified atom stereocenters. The fraction of sp³-hybridized carbons (Fsp3) is 0.250. The monoisotopic (exact) mass is 252 g/mol. The van der Waals surface area contributed by atoms with Crippen LogP contribution in [0, 0.1) is 5.82 Å². The van der Waals surface area contributed by atoms with Gasteiger partial charge in [0.1, 0.15) is 5.69 Å². The summed E-state index contributed by atoms with van der Waals surface area (Å²) in [6.07, 6.45) is 2.04. The minimum atomic E-state index is -0.519. The number of H-pyrrole nitrogens is 1. The highest BCUT2D eigenvalue weighted by atomic mass is 35.5. The number of carbonyl (C=O) groups excluding carboxylic acids is 1. The van der Waals surface area contributed by atoms with Crippen molar-refractivity contribution in [2.24, 2.45) is 0 Å². The maximum Gasteiger partial charge on any atom is 0.267 e. The molecule has 0 aliphatic heterocycles. The highest BCUT2D eigenvalue weighted by Gasteiger charge is 2.24. The Bertz CT molecular complexity index is 604. The van der Waals surface area contributed by atoms with Crippen molar-refractivity contribution in [2.75, 3.05) is 0 Å². The normalized spacial score (nSPS) is 15.2. The zero-order valence-corrected chi connectivity index (χ0v) is 9.64. The average Bonchev–Trinajstić information content (AvgIpc) is 3.00. The van der Waals surface area contributed by atoms with E-state index in [0.29, 0.717) is 11.1 Å². The second kappa shape index (κ2) is 3.74. The number of aromatic amines is 1. The maximum absolute atomic E-state index is 13.7. The minimum Gasteiger partial charge on any atom is -0.348 e. The van der Waals surface area contributed by atoms with Gasteiger partial charge in [0.05, 0.1) is 10.5 Å². The smallest absolute Gasteiger partial charge is 0.267 e. The quantitative estimate of drug-likeness (QED) is 0.848. The van der Waals surface area contributed by atoms with Gasteiger partial charge in [0, 0.05) is 11.4 Å². The molecule has 2 N–H and O–H groups in total. The second-order valence-electron chi connectivity index (χ2n) is 4.26. The van der Waals surface area contributed by atoms with Crippen molar-refractivity contribution in [2.45, 2.75) is 18.9 Å². The van der Waals surface area contributed by atoms with Gasteiger partial charge >= 0.3 is 0 Å². The highest BCUT2D eigenvalue weighted by Crippen LogP contribution is 2.25. The average molecular weight is 253 g/mol. The van der Waals surface area contributed by atoms with Crippen LogP contribution in [-0.4, -0.2) is 16.9 Å². The first-order valence-electron chi connectivity index (χ1n) is 5.43. The van der Waals surface area contributed by atoms with E-state index in [1.807, 2.05) is 0 Å². The van der Waals surface area contributed by atoms with E-state index in [0.717, 1.165) is 12.8 Å². The zero-order chi connectivity index (χ0) is 12.0. The van der Waals surface area contributed by atoms with Gasteiger partial charge in [-0.1, -0.05) is 17.7 Å². The lowest BCUT2D eigenvalue weighted by atomic mass is 10.2. The maximum atomic E-state index is 13.7. The van der Waals surface area contributed by atoms with Crippen LogP contribution in [0.3, 0.4) is 0 Å². The Morgan fingerprint density at radius 3 is 2.94 bits per heavy atom.